The lowest BCUT2D eigenvalue weighted by atomic mass is 10.0. The van der Waals surface area contributed by atoms with Gasteiger partial charge in [-0.3, -0.25) is 0 Å². The Morgan fingerprint density at radius 1 is 1.10 bits per heavy atom. The Bertz CT molecular complexity index is 388. The fourth-order valence-corrected chi connectivity index (χ4v) is 3.32. The summed E-state index contributed by atoms with van der Waals surface area (Å²) in [6, 6.07) is 12.9. The number of hydrogen-bond donors (Lipinski definition) is 1. The first-order valence-electron chi connectivity index (χ1n) is 8.69. The second kappa shape index (κ2) is 8.55. The van der Waals surface area contributed by atoms with E-state index in [1.165, 1.54) is 50.8 Å². The Morgan fingerprint density at radius 3 is 2.57 bits per heavy atom. The first-order chi connectivity index (χ1) is 10.1. The molecule has 2 rings (SSSR count). The Balaban J connectivity index is 1.71. The van der Waals surface area contributed by atoms with Gasteiger partial charge in [0.25, 0.3) is 0 Å². The number of likely N-dealkylation sites (tertiary alicyclic amines) is 1. The molecule has 2 atom stereocenters. The maximum Gasteiger partial charge on any atom is 0.00821 e. The Kier molecular flexibility index (Phi) is 6.72. The molecule has 1 aliphatic rings. The average Bonchev–Trinajstić information content (AvgIpc) is 2.72. The van der Waals surface area contributed by atoms with Crippen molar-refractivity contribution < 1.29 is 0 Å². The van der Waals surface area contributed by atoms with Crippen LogP contribution in [0.25, 0.3) is 0 Å². The lowest BCUT2D eigenvalue weighted by Gasteiger charge is -2.25. The second-order valence-corrected chi connectivity index (χ2v) is 6.85. The van der Waals surface area contributed by atoms with Gasteiger partial charge in [0, 0.05) is 18.1 Å². The molecule has 2 nitrogen and oxygen atoms in total. The van der Waals surface area contributed by atoms with Crippen LogP contribution in [0.2, 0.25) is 0 Å². The Hall–Kier alpha value is -0.860. The zero-order valence-electron chi connectivity index (χ0n) is 14.0. The second-order valence-electron chi connectivity index (χ2n) is 6.85. The van der Waals surface area contributed by atoms with Gasteiger partial charge in [0.2, 0.25) is 0 Å². The van der Waals surface area contributed by atoms with E-state index in [-0.39, 0.29) is 0 Å². The molecular formula is C19H32N2. The summed E-state index contributed by atoms with van der Waals surface area (Å²) in [7, 11) is 0. The number of benzene rings is 1. The molecule has 0 bridgehead atoms. The van der Waals surface area contributed by atoms with Crippen molar-refractivity contribution >= 4 is 0 Å². The average molecular weight is 288 g/mol. The fraction of sp³-hybridized carbons (Fsp3) is 0.684. The minimum atomic E-state index is 0.612. The van der Waals surface area contributed by atoms with E-state index in [2.05, 4.69) is 61.3 Å². The molecular weight excluding hydrogens is 256 g/mol. The number of rotatable bonds is 6. The van der Waals surface area contributed by atoms with Gasteiger partial charge in [-0.1, -0.05) is 30.3 Å². The number of nitrogens with one attached hydrogen (secondary N) is 1. The smallest absolute Gasteiger partial charge is 0.00821 e. The van der Waals surface area contributed by atoms with Gasteiger partial charge in [0.1, 0.15) is 0 Å². The van der Waals surface area contributed by atoms with Gasteiger partial charge < -0.3 is 10.2 Å². The lowest BCUT2D eigenvalue weighted by molar-refractivity contribution is 0.228. The minimum Gasteiger partial charge on any atom is -0.311 e. The fourth-order valence-electron chi connectivity index (χ4n) is 3.32. The molecule has 2 unspecified atom stereocenters. The normalized spacial score (nSPS) is 22.2. The van der Waals surface area contributed by atoms with Gasteiger partial charge in [0.15, 0.2) is 0 Å². The SMILES string of the molecule is CC(CCc1ccccc1)NC1CCCN(C(C)C)CC1. The summed E-state index contributed by atoms with van der Waals surface area (Å²) in [6.45, 7) is 9.50. The molecule has 0 saturated carbocycles. The molecule has 0 aliphatic carbocycles. The number of aryl methyl sites for hydroxylation is 1. The number of nitrogens with zero attached hydrogens (tertiary/aromatic N) is 1. The summed E-state index contributed by atoms with van der Waals surface area (Å²) in [6.07, 6.45) is 6.38. The van der Waals surface area contributed by atoms with Crippen LogP contribution in [0.5, 0.6) is 0 Å². The molecule has 1 fully saturated rings. The molecule has 1 aliphatic heterocycles. The maximum absolute atomic E-state index is 3.86. The highest BCUT2D eigenvalue weighted by Gasteiger charge is 2.19. The standard InChI is InChI=1S/C19H32N2/c1-16(2)21-14-7-10-19(13-15-21)20-17(3)11-12-18-8-5-4-6-9-18/h4-6,8-9,16-17,19-20H,7,10-15H2,1-3H3. The van der Waals surface area contributed by atoms with Crippen molar-refractivity contribution in [2.75, 3.05) is 13.1 Å². The molecule has 2 heteroatoms. The summed E-state index contributed by atoms with van der Waals surface area (Å²) in [5.74, 6) is 0. The number of hydrogen-bond acceptors (Lipinski definition) is 2. The largest absolute Gasteiger partial charge is 0.311 e. The third kappa shape index (κ3) is 5.80. The van der Waals surface area contributed by atoms with Crippen LogP contribution in [0.15, 0.2) is 30.3 Å². The van der Waals surface area contributed by atoms with Crippen molar-refractivity contribution in [3.8, 4) is 0 Å². The highest BCUT2D eigenvalue weighted by atomic mass is 15.1. The van der Waals surface area contributed by atoms with Crippen LogP contribution in [-0.2, 0) is 6.42 Å². The van der Waals surface area contributed by atoms with Crippen molar-refractivity contribution in [3.05, 3.63) is 35.9 Å². The van der Waals surface area contributed by atoms with Crippen LogP contribution in [-0.4, -0.2) is 36.1 Å². The summed E-state index contributed by atoms with van der Waals surface area (Å²) in [5, 5.41) is 3.86. The third-order valence-corrected chi connectivity index (χ3v) is 4.72. The third-order valence-electron chi connectivity index (χ3n) is 4.72. The molecule has 1 N–H and O–H groups in total. The highest BCUT2D eigenvalue weighted by molar-refractivity contribution is 5.14. The van der Waals surface area contributed by atoms with E-state index in [0.717, 1.165) is 0 Å². The van der Waals surface area contributed by atoms with Crippen LogP contribution in [0.4, 0.5) is 0 Å². The van der Waals surface area contributed by atoms with Crippen molar-refractivity contribution in [2.24, 2.45) is 0 Å². The van der Waals surface area contributed by atoms with E-state index in [1.807, 2.05) is 0 Å². The molecule has 1 saturated heterocycles. The Morgan fingerprint density at radius 2 is 1.86 bits per heavy atom. The predicted molar refractivity (Wildman–Crippen MR) is 91.7 cm³/mol. The summed E-state index contributed by atoms with van der Waals surface area (Å²) >= 11 is 0. The molecule has 1 heterocycles. The zero-order chi connectivity index (χ0) is 15.1. The minimum absolute atomic E-state index is 0.612. The van der Waals surface area contributed by atoms with Crippen molar-refractivity contribution in [2.45, 2.75) is 71.0 Å². The summed E-state index contributed by atoms with van der Waals surface area (Å²) in [4.78, 5) is 2.62. The first-order valence-corrected chi connectivity index (χ1v) is 8.69. The molecule has 118 valence electrons. The van der Waals surface area contributed by atoms with Gasteiger partial charge in [0.05, 0.1) is 0 Å². The molecule has 0 radical (unpaired) electrons. The van der Waals surface area contributed by atoms with E-state index in [1.54, 1.807) is 0 Å². The van der Waals surface area contributed by atoms with Crippen LogP contribution < -0.4 is 5.32 Å². The van der Waals surface area contributed by atoms with Crippen molar-refractivity contribution in [3.63, 3.8) is 0 Å². The van der Waals surface area contributed by atoms with Gasteiger partial charge in [-0.05, 0) is 71.5 Å². The van der Waals surface area contributed by atoms with Crippen LogP contribution in [0.1, 0.15) is 52.0 Å². The van der Waals surface area contributed by atoms with Gasteiger partial charge in [-0.15, -0.1) is 0 Å². The van der Waals surface area contributed by atoms with Crippen LogP contribution in [0.3, 0.4) is 0 Å². The van der Waals surface area contributed by atoms with Crippen molar-refractivity contribution in [1.82, 2.24) is 10.2 Å². The molecule has 0 amide bonds. The van der Waals surface area contributed by atoms with E-state index in [0.29, 0.717) is 18.1 Å². The van der Waals surface area contributed by atoms with E-state index >= 15 is 0 Å². The molecule has 0 aromatic heterocycles. The van der Waals surface area contributed by atoms with Crippen molar-refractivity contribution in [1.29, 1.82) is 0 Å². The molecule has 21 heavy (non-hydrogen) atoms. The Labute approximate surface area is 130 Å². The molecule has 1 aromatic carbocycles. The lowest BCUT2D eigenvalue weighted by Crippen LogP contribution is -2.38. The van der Waals surface area contributed by atoms with E-state index < -0.39 is 0 Å². The summed E-state index contributed by atoms with van der Waals surface area (Å²) in [5.41, 5.74) is 1.46. The first kappa shape index (κ1) is 16.5. The zero-order valence-corrected chi connectivity index (χ0v) is 14.0. The topological polar surface area (TPSA) is 15.3 Å². The molecule has 1 aromatic rings. The molecule has 0 spiro atoms. The van der Waals surface area contributed by atoms with Gasteiger partial charge in [-0.2, -0.15) is 0 Å². The monoisotopic (exact) mass is 288 g/mol. The van der Waals surface area contributed by atoms with Crippen LogP contribution >= 0.6 is 0 Å². The van der Waals surface area contributed by atoms with Gasteiger partial charge in [-0.25, -0.2) is 0 Å². The van der Waals surface area contributed by atoms with Gasteiger partial charge >= 0.3 is 0 Å². The maximum atomic E-state index is 3.86. The predicted octanol–water partition coefficient (Wildman–Crippen LogP) is 3.86. The van der Waals surface area contributed by atoms with Crippen LogP contribution in [0, 0.1) is 0 Å². The summed E-state index contributed by atoms with van der Waals surface area (Å²) < 4.78 is 0. The highest BCUT2D eigenvalue weighted by Crippen LogP contribution is 2.15. The van der Waals surface area contributed by atoms with E-state index in [4.69, 9.17) is 0 Å². The van der Waals surface area contributed by atoms with E-state index in [9.17, 15) is 0 Å². The quantitative estimate of drug-likeness (QED) is 0.855.